The highest BCUT2D eigenvalue weighted by Gasteiger charge is 2.14. The van der Waals surface area contributed by atoms with Crippen molar-refractivity contribution in [3.8, 4) is 11.8 Å². The van der Waals surface area contributed by atoms with Crippen LogP contribution in [0.2, 0.25) is 5.02 Å². The van der Waals surface area contributed by atoms with Crippen LogP contribution in [0.4, 0.5) is 11.4 Å². The maximum absolute atomic E-state index is 12.6. The van der Waals surface area contributed by atoms with Crippen molar-refractivity contribution in [2.75, 3.05) is 5.32 Å². The number of aryl methyl sites for hydroxylation is 1. The molecule has 0 bridgehead atoms. The smallest absolute Gasteiger partial charge is 0.269 e. The summed E-state index contributed by atoms with van der Waals surface area (Å²) in [7, 11) is 0. The Bertz CT molecular complexity index is 1280. The second-order valence-electron chi connectivity index (χ2n) is 6.97. The van der Waals surface area contributed by atoms with Crippen molar-refractivity contribution in [2.45, 2.75) is 13.5 Å². The second kappa shape index (κ2) is 10.8. The maximum atomic E-state index is 12.6. The van der Waals surface area contributed by atoms with Gasteiger partial charge in [0.15, 0.2) is 5.75 Å². The first-order valence-electron chi connectivity index (χ1n) is 9.62. The molecule has 0 aromatic heterocycles. The molecule has 1 N–H and O–H groups in total. The summed E-state index contributed by atoms with van der Waals surface area (Å²) in [4.78, 5) is 23.0. The van der Waals surface area contributed by atoms with Gasteiger partial charge in [-0.05, 0) is 63.8 Å². The molecule has 0 aliphatic rings. The number of hydrogen-bond donors (Lipinski definition) is 1. The number of nitro benzene ring substituents is 1. The number of rotatable bonds is 7. The zero-order chi connectivity index (χ0) is 24.0. The van der Waals surface area contributed by atoms with E-state index in [1.807, 2.05) is 25.1 Å². The second-order valence-corrected chi connectivity index (χ2v) is 8.23. The van der Waals surface area contributed by atoms with Gasteiger partial charge in [-0.2, -0.15) is 5.26 Å². The lowest BCUT2D eigenvalue weighted by atomic mass is 10.1. The maximum Gasteiger partial charge on any atom is 0.269 e. The molecule has 0 radical (unpaired) electrons. The quantitative estimate of drug-likeness (QED) is 0.165. The molecule has 0 heterocycles. The third-order valence-corrected chi connectivity index (χ3v) is 5.46. The number of carbonyl (C=O) groups is 1. The van der Waals surface area contributed by atoms with E-state index in [1.54, 1.807) is 36.4 Å². The van der Waals surface area contributed by atoms with Crippen LogP contribution in [-0.4, -0.2) is 10.8 Å². The van der Waals surface area contributed by atoms with E-state index in [0.717, 1.165) is 5.56 Å². The van der Waals surface area contributed by atoms with E-state index in [1.165, 1.54) is 18.2 Å². The summed E-state index contributed by atoms with van der Waals surface area (Å²) >= 11 is 9.75. The van der Waals surface area contributed by atoms with Gasteiger partial charge in [0.2, 0.25) is 0 Å². The molecule has 0 aliphatic heterocycles. The van der Waals surface area contributed by atoms with Crippen LogP contribution >= 0.6 is 27.5 Å². The third kappa shape index (κ3) is 6.19. The van der Waals surface area contributed by atoms with Crippen LogP contribution in [0, 0.1) is 28.4 Å². The molecule has 1 amide bonds. The first-order valence-corrected chi connectivity index (χ1v) is 10.8. The van der Waals surface area contributed by atoms with Gasteiger partial charge in [0, 0.05) is 17.8 Å². The molecule has 0 saturated carbocycles. The molecule has 0 saturated heterocycles. The van der Waals surface area contributed by atoms with Crippen LogP contribution in [0.3, 0.4) is 0 Å². The van der Waals surface area contributed by atoms with Crippen molar-refractivity contribution < 1.29 is 14.5 Å². The Hall–Kier alpha value is -3.67. The summed E-state index contributed by atoms with van der Waals surface area (Å²) in [6.07, 6.45) is 1.43. The van der Waals surface area contributed by atoms with Gasteiger partial charge in [0.25, 0.3) is 11.6 Å². The van der Waals surface area contributed by atoms with E-state index >= 15 is 0 Å². The number of para-hydroxylation sites is 1. The lowest BCUT2D eigenvalue weighted by Gasteiger charge is -2.12. The van der Waals surface area contributed by atoms with Gasteiger partial charge in [-0.3, -0.25) is 14.9 Å². The minimum atomic E-state index is -0.537. The van der Waals surface area contributed by atoms with Gasteiger partial charge in [-0.25, -0.2) is 0 Å². The average Bonchev–Trinajstić information content (AvgIpc) is 2.78. The predicted octanol–water partition coefficient (Wildman–Crippen LogP) is 6.44. The van der Waals surface area contributed by atoms with E-state index in [0.29, 0.717) is 27.0 Å². The molecule has 0 unspecified atom stereocenters. The Morgan fingerprint density at radius 1 is 1.24 bits per heavy atom. The van der Waals surface area contributed by atoms with Crippen molar-refractivity contribution in [1.29, 1.82) is 5.26 Å². The summed E-state index contributed by atoms with van der Waals surface area (Å²) < 4.78 is 6.25. The molecule has 0 spiro atoms. The van der Waals surface area contributed by atoms with Crippen LogP contribution in [0.15, 0.2) is 70.7 Å². The number of amides is 1. The Labute approximate surface area is 203 Å². The lowest BCUT2D eigenvalue weighted by molar-refractivity contribution is -0.384. The number of nitro groups is 1. The van der Waals surface area contributed by atoms with Crippen molar-refractivity contribution in [1.82, 2.24) is 0 Å². The number of non-ortho nitro benzene ring substituents is 1. The molecular weight excluding hydrogens is 510 g/mol. The molecule has 166 valence electrons. The number of nitrogens with one attached hydrogen (secondary N) is 1. The molecule has 0 aliphatic carbocycles. The normalized spacial score (nSPS) is 10.9. The highest BCUT2D eigenvalue weighted by atomic mass is 79.9. The largest absolute Gasteiger partial charge is 0.486 e. The monoisotopic (exact) mass is 525 g/mol. The van der Waals surface area contributed by atoms with E-state index in [-0.39, 0.29) is 22.9 Å². The standard InChI is InChI=1S/C24H17BrClN3O4/c1-15-5-2-3-8-22(15)28-24(30)18(13-27)9-17-11-20(25)23(21(26)12-17)33-14-16-6-4-7-19(10-16)29(31)32/h2-12H,14H2,1H3,(H,28,30)/b18-9-. The number of benzene rings is 3. The molecule has 9 heteroatoms. The van der Waals surface area contributed by atoms with Gasteiger partial charge < -0.3 is 10.1 Å². The first kappa shape index (κ1) is 24.0. The molecule has 3 aromatic carbocycles. The number of carbonyl (C=O) groups excluding carboxylic acids is 1. The highest BCUT2D eigenvalue weighted by molar-refractivity contribution is 9.10. The average molecular weight is 527 g/mol. The van der Waals surface area contributed by atoms with Crippen LogP contribution < -0.4 is 10.1 Å². The molecular formula is C24H17BrClN3O4. The number of nitriles is 1. The molecule has 0 fully saturated rings. The summed E-state index contributed by atoms with van der Waals surface area (Å²) in [5.74, 6) is -0.201. The van der Waals surface area contributed by atoms with Gasteiger partial charge in [0.1, 0.15) is 18.2 Å². The van der Waals surface area contributed by atoms with Crippen molar-refractivity contribution >= 4 is 50.9 Å². The minimum Gasteiger partial charge on any atom is -0.486 e. The lowest BCUT2D eigenvalue weighted by Crippen LogP contribution is -2.14. The first-order chi connectivity index (χ1) is 15.8. The van der Waals surface area contributed by atoms with Gasteiger partial charge in [-0.1, -0.05) is 41.9 Å². The summed E-state index contributed by atoms with van der Waals surface area (Å²) in [5, 5.41) is 23.4. The van der Waals surface area contributed by atoms with Crippen LogP contribution in [0.25, 0.3) is 6.08 Å². The van der Waals surface area contributed by atoms with E-state index in [4.69, 9.17) is 16.3 Å². The predicted molar refractivity (Wildman–Crippen MR) is 130 cm³/mol. The zero-order valence-corrected chi connectivity index (χ0v) is 19.7. The Morgan fingerprint density at radius 2 is 2.00 bits per heavy atom. The number of halogens is 2. The molecule has 33 heavy (non-hydrogen) atoms. The molecule has 3 aromatic rings. The molecule has 3 rings (SSSR count). The fourth-order valence-electron chi connectivity index (χ4n) is 2.93. The SMILES string of the molecule is Cc1ccccc1NC(=O)/C(C#N)=C\c1cc(Cl)c(OCc2cccc([N+](=O)[O-])c2)c(Br)c1. The van der Waals surface area contributed by atoms with Gasteiger partial charge in [0.05, 0.1) is 14.4 Å². The van der Waals surface area contributed by atoms with Crippen molar-refractivity contribution in [3.63, 3.8) is 0 Å². The topological polar surface area (TPSA) is 105 Å². The van der Waals surface area contributed by atoms with Crippen LogP contribution in [-0.2, 0) is 11.4 Å². The fraction of sp³-hybridized carbons (Fsp3) is 0.0833. The number of hydrogen-bond acceptors (Lipinski definition) is 5. The van der Waals surface area contributed by atoms with Crippen molar-refractivity contribution in [2.24, 2.45) is 0 Å². The molecule has 7 nitrogen and oxygen atoms in total. The number of ether oxygens (including phenoxy) is 1. The van der Waals surface area contributed by atoms with Crippen LogP contribution in [0.5, 0.6) is 5.75 Å². The Kier molecular flexibility index (Phi) is 7.83. The summed E-state index contributed by atoms with van der Waals surface area (Å²) in [6.45, 7) is 1.92. The van der Waals surface area contributed by atoms with Gasteiger partial charge in [-0.15, -0.1) is 0 Å². The van der Waals surface area contributed by atoms with Gasteiger partial charge >= 0.3 is 0 Å². The van der Waals surface area contributed by atoms with E-state index in [2.05, 4.69) is 21.2 Å². The van der Waals surface area contributed by atoms with E-state index in [9.17, 15) is 20.2 Å². The highest BCUT2D eigenvalue weighted by Crippen LogP contribution is 2.36. The zero-order valence-electron chi connectivity index (χ0n) is 17.3. The Morgan fingerprint density at radius 3 is 2.67 bits per heavy atom. The number of anilines is 1. The summed E-state index contributed by atoms with van der Waals surface area (Å²) in [6, 6.07) is 18.5. The minimum absolute atomic E-state index is 0.0326. The van der Waals surface area contributed by atoms with Crippen LogP contribution in [0.1, 0.15) is 16.7 Å². The van der Waals surface area contributed by atoms with Crippen molar-refractivity contribution in [3.05, 3.63) is 103 Å². The third-order valence-electron chi connectivity index (χ3n) is 4.59. The molecule has 0 atom stereocenters. The summed E-state index contributed by atoms with van der Waals surface area (Å²) in [5.41, 5.74) is 2.50. The number of nitrogens with zero attached hydrogens (tertiary/aromatic N) is 2. The fourth-order valence-corrected chi connectivity index (χ4v) is 3.92. The Balaban J connectivity index is 1.78. The van der Waals surface area contributed by atoms with E-state index < -0.39 is 10.8 Å².